The van der Waals surface area contributed by atoms with Gasteiger partial charge in [0.1, 0.15) is 5.75 Å². The fourth-order valence-electron chi connectivity index (χ4n) is 1.45. The van der Waals surface area contributed by atoms with Crippen molar-refractivity contribution >= 4 is 0 Å². The van der Waals surface area contributed by atoms with Crippen molar-refractivity contribution in [3.05, 3.63) is 29.8 Å². The number of benzene rings is 1. The van der Waals surface area contributed by atoms with E-state index in [0.717, 1.165) is 12.0 Å². The summed E-state index contributed by atoms with van der Waals surface area (Å²) in [5, 5.41) is 9.90. The van der Waals surface area contributed by atoms with Crippen LogP contribution in [-0.4, -0.2) is 12.2 Å². The minimum absolute atomic E-state index is 0.456. The third kappa shape index (κ3) is 2.74. The van der Waals surface area contributed by atoms with Crippen molar-refractivity contribution < 1.29 is 9.84 Å². The van der Waals surface area contributed by atoms with Crippen LogP contribution in [0.4, 0.5) is 0 Å². The predicted octanol–water partition coefficient (Wildman–Crippen LogP) is 2.57. The van der Waals surface area contributed by atoms with E-state index >= 15 is 0 Å². The summed E-state index contributed by atoms with van der Waals surface area (Å²) in [6, 6.07) is 8.48. The first kappa shape index (κ1) is 11.1. The van der Waals surface area contributed by atoms with E-state index in [4.69, 9.17) is 4.74 Å². The van der Waals surface area contributed by atoms with E-state index in [0.29, 0.717) is 11.7 Å². The summed E-state index contributed by atoms with van der Waals surface area (Å²) in [6.07, 6.45) is 0.288. The minimum atomic E-state index is -0.456. The van der Waals surface area contributed by atoms with Crippen molar-refractivity contribution in [2.24, 2.45) is 5.92 Å². The molecule has 0 bridgehead atoms. The van der Waals surface area contributed by atoms with Gasteiger partial charge in [-0.2, -0.15) is 0 Å². The highest BCUT2D eigenvalue weighted by molar-refractivity contribution is 5.33. The summed E-state index contributed by atoms with van der Waals surface area (Å²) in [6.45, 7) is 4.17. The molecule has 0 fully saturated rings. The van der Waals surface area contributed by atoms with E-state index in [1.165, 1.54) is 0 Å². The zero-order valence-corrected chi connectivity index (χ0v) is 8.95. The molecule has 2 nitrogen and oxygen atoms in total. The molecule has 0 spiro atoms. The van der Waals surface area contributed by atoms with Gasteiger partial charge >= 0.3 is 0 Å². The van der Waals surface area contributed by atoms with Gasteiger partial charge in [0.2, 0.25) is 0 Å². The quantitative estimate of drug-likeness (QED) is 0.796. The molecule has 0 aliphatic heterocycles. The van der Waals surface area contributed by atoms with E-state index < -0.39 is 6.10 Å². The second-order valence-corrected chi connectivity index (χ2v) is 3.80. The molecule has 0 aliphatic rings. The molecule has 2 heteroatoms. The van der Waals surface area contributed by atoms with Gasteiger partial charge in [-0.05, 0) is 12.3 Å². The average molecular weight is 193 g/mol. The molecule has 14 heavy (non-hydrogen) atoms. The van der Waals surface area contributed by atoms with Crippen molar-refractivity contribution in [1.29, 1.82) is 0 Å². The number of para-hydroxylation sites is 1. The van der Waals surface area contributed by atoms with Crippen molar-refractivity contribution in [2.75, 3.05) is 7.11 Å². The van der Waals surface area contributed by atoms with Crippen LogP contribution in [0.25, 0.3) is 0 Å². The Hall–Kier alpha value is -1.02. The highest BCUT2D eigenvalue weighted by Gasteiger charge is 2.13. The number of aliphatic hydroxyl groups excluding tert-OH is 1. The van der Waals surface area contributed by atoms with Crippen molar-refractivity contribution in [3.8, 4) is 5.75 Å². The predicted molar refractivity (Wildman–Crippen MR) is 56.2 cm³/mol. The maximum atomic E-state index is 9.90. The molecule has 0 saturated heterocycles. The van der Waals surface area contributed by atoms with Gasteiger partial charge in [0.25, 0.3) is 0 Å². The lowest BCUT2D eigenvalue weighted by Gasteiger charge is -2.15. The summed E-state index contributed by atoms with van der Waals surface area (Å²) < 4.78 is 5.13. The molecule has 1 radical (unpaired) electrons. The van der Waals surface area contributed by atoms with Crippen LogP contribution in [-0.2, 0) is 0 Å². The highest BCUT2D eigenvalue weighted by Crippen LogP contribution is 2.28. The van der Waals surface area contributed by atoms with Crippen LogP contribution >= 0.6 is 0 Å². The number of ether oxygens (including phenoxy) is 1. The molecular formula is C12H17O2. The standard InChI is InChI=1S/C12H17O2/c1-9(2)8-11(13)10-6-4-5-7-12(10)14-3/h4-6,9,11,13H,8H2,1-3H3. The van der Waals surface area contributed by atoms with Gasteiger partial charge in [0.05, 0.1) is 13.2 Å². The summed E-state index contributed by atoms with van der Waals surface area (Å²) >= 11 is 0. The Morgan fingerprint density at radius 2 is 2.21 bits per heavy atom. The van der Waals surface area contributed by atoms with Crippen LogP contribution in [0.2, 0.25) is 0 Å². The summed E-state index contributed by atoms with van der Waals surface area (Å²) in [4.78, 5) is 0. The van der Waals surface area contributed by atoms with E-state index in [1.807, 2.05) is 12.1 Å². The van der Waals surface area contributed by atoms with Gasteiger partial charge in [0, 0.05) is 11.6 Å². The molecule has 0 aliphatic carbocycles. The Balaban J connectivity index is 2.82. The fourth-order valence-corrected chi connectivity index (χ4v) is 1.45. The molecule has 0 heterocycles. The highest BCUT2D eigenvalue weighted by atomic mass is 16.5. The smallest absolute Gasteiger partial charge is 0.132 e. The number of methoxy groups -OCH3 is 1. The number of hydrogen-bond donors (Lipinski definition) is 1. The van der Waals surface area contributed by atoms with Crippen molar-refractivity contribution in [3.63, 3.8) is 0 Å². The van der Waals surface area contributed by atoms with E-state index in [1.54, 1.807) is 13.2 Å². The van der Waals surface area contributed by atoms with E-state index in [-0.39, 0.29) is 0 Å². The first-order chi connectivity index (χ1) is 6.65. The third-order valence-electron chi connectivity index (χ3n) is 2.11. The third-order valence-corrected chi connectivity index (χ3v) is 2.11. The maximum Gasteiger partial charge on any atom is 0.132 e. The van der Waals surface area contributed by atoms with Crippen molar-refractivity contribution in [2.45, 2.75) is 26.4 Å². The Labute approximate surface area is 85.5 Å². The largest absolute Gasteiger partial charge is 0.496 e. The molecule has 1 unspecified atom stereocenters. The van der Waals surface area contributed by atoms with Gasteiger partial charge in [-0.15, -0.1) is 0 Å². The van der Waals surface area contributed by atoms with Gasteiger partial charge in [-0.3, -0.25) is 0 Å². The maximum absolute atomic E-state index is 9.90. The zero-order valence-electron chi connectivity index (χ0n) is 8.95. The molecular weight excluding hydrogens is 176 g/mol. The van der Waals surface area contributed by atoms with E-state index in [9.17, 15) is 5.11 Å². The van der Waals surface area contributed by atoms with Gasteiger partial charge in [0.15, 0.2) is 0 Å². The lowest BCUT2D eigenvalue weighted by Crippen LogP contribution is -2.03. The van der Waals surface area contributed by atoms with Gasteiger partial charge in [-0.25, -0.2) is 0 Å². The topological polar surface area (TPSA) is 29.5 Å². The molecule has 0 aromatic heterocycles. The Bertz CT molecular complexity index is 281. The molecule has 1 aromatic carbocycles. The molecule has 0 saturated carbocycles. The van der Waals surface area contributed by atoms with Crippen LogP contribution in [0.3, 0.4) is 0 Å². The van der Waals surface area contributed by atoms with Crippen LogP contribution in [0.5, 0.6) is 5.75 Å². The van der Waals surface area contributed by atoms with Crippen molar-refractivity contribution in [1.82, 2.24) is 0 Å². The van der Waals surface area contributed by atoms with Gasteiger partial charge < -0.3 is 9.84 Å². The van der Waals surface area contributed by atoms with Crippen LogP contribution in [0.15, 0.2) is 18.2 Å². The lowest BCUT2D eigenvalue weighted by atomic mass is 9.99. The Morgan fingerprint density at radius 1 is 1.50 bits per heavy atom. The van der Waals surface area contributed by atoms with Gasteiger partial charge in [-0.1, -0.05) is 32.0 Å². The second kappa shape index (κ2) is 5.01. The first-order valence-electron chi connectivity index (χ1n) is 4.87. The Kier molecular flexibility index (Phi) is 3.96. The second-order valence-electron chi connectivity index (χ2n) is 3.80. The molecule has 1 aromatic rings. The first-order valence-corrected chi connectivity index (χ1v) is 4.87. The van der Waals surface area contributed by atoms with Crippen LogP contribution < -0.4 is 4.74 Å². The summed E-state index contributed by atoms with van der Waals surface area (Å²) in [5.41, 5.74) is 0.823. The lowest BCUT2D eigenvalue weighted by molar-refractivity contribution is 0.147. The molecule has 1 rings (SSSR count). The minimum Gasteiger partial charge on any atom is -0.496 e. The number of aliphatic hydroxyl groups is 1. The molecule has 77 valence electrons. The van der Waals surface area contributed by atoms with E-state index in [2.05, 4.69) is 19.9 Å². The monoisotopic (exact) mass is 193 g/mol. The summed E-state index contributed by atoms with van der Waals surface area (Å²) in [7, 11) is 1.59. The number of rotatable bonds is 4. The fraction of sp³-hybridized carbons (Fsp3) is 0.500. The molecule has 0 amide bonds. The average Bonchev–Trinajstić information content (AvgIpc) is 2.16. The Morgan fingerprint density at radius 3 is 2.79 bits per heavy atom. The van der Waals surface area contributed by atoms with Crippen LogP contribution in [0.1, 0.15) is 31.9 Å². The zero-order chi connectivity index (χ0) is 10.6. The molecule has 1 N–H and O–H groups in total. The SMILES string of the molecule is COc1[c]cccc1C(O)CC(C)C. The molecule has 1 atom stereocenters. The normalized spacial score (nSPS) is 12.9. The number of hydrogen-bond acceptors (Lipinski definition) is 2. The summed E-state index contributed by atoms with van der Waals surface area (Å²) in [5.74, 6) is 1.11. The van der Waals surface area contributed by atoms with Crippen LogP contribution in [0, 0.1) is 12.0 Å².